The molecule has 0 bridgehead atoms. The largest absolute Gasteiger partial charge is 0.504 e. The Hall–Kier alpha value is -2.22. The SMILES string of the molecule is C=Cc1ccccc1.CC(C)(C)c1ccc(O)c(O)c1. The molecule has 2 aromatic rings. The number of aromatic hydroxyl groups is 2. The Kier molecular flexibility index (Phi) is 5.39. The van der Waals surface area contributed by atoms with E-state index in [4.69, 9.17) is 5.11 Å². The van der Waals surface area contributed by atoms with Crippen molar-refractivity contribution in [3.05, 3.63) is 66.2 Å². The van der Waals surface area contributed by atoms with Gasteiger partial charge in [-0.15, -0.1) is 0 Å². The van der Waals surface area contributed by atoms with Gasteiger partial charge < -0.3 is 10.2 Å². The van der Waals surface area contributed by atoms with Gasteiger partial charge in [0.05, 0.1) is 0 Å². The summed E-state index contributed by atoms with van der Waals surface area (Å²) in [6.45, 7) is 9.79. The summed E-state index contributed by atoms with van der Waals surface area (Å²) in [4.78, 5) is 0. The van der Waals surface area contributed by atoms with Gasteiger partial charge in [-0.1, -0.05) is 69.8 Å². The number of phenols is 2. The van der Waals surface area contributed by atoms with Crippen LogP contribution in [0.5, 0.6) is 11.5 Å². The van der Waals surface area contributed by atoms with Crippen LogP contribution < -0.4 is 0 Å². The summed E-state index contributed by atoms with van der Waals surface area (Å²) in [5, 5.41) is 18.3. The third-order valence-corrected chi connectivity index (χ3v) is 2.88. The molecule has 0 unspecified atom stereocenters. The van der Waals surface area contributed by atoms with E-state index in [0.717, 1.165) is 5.56 Å². The van der Waals surface area contributed by atoms with Gasteiger partial charge in [0.25, 0.3) is 0 Å². The normalized spacial score (nSPS) is 10.3. The van der Waals surface area contributed by atoms with Crippen LogP contribution in [0, 0.1) is 0 Å². The van der Waals surface area contributed by atoms with Crippen LogP contribution in [0.15, 0.2) is 55.1 Å². The lowest BCUT2D eigenvalue weighted by atomic mass is 9.87. The van der Waals surface area contributed by atoms with Crippen LogP contribution in [0.25, 0.3) is 6.08 Å². The summed E-state index contributed by atoms with van der Waals surface area (Å²) in [7, 11) is 0. The summed E-state index contributed by atoms with van der Waals surface area (Å²) in [6, 6.07) is 14.9. The maximum atomic E-state index is 9.21. The van der Waals surface area contributed by atoms with Gasteiger partial charge in [-0.2, -0.15) is 0 Å². The molecule has 0 radical (unpaired) electrons. The summed E-state index contributed by atoms with van der Waals surface area (Å²) >= 11 is 0. The van der Waals surface area contributed by atoms with Crippen LogP contribution in [-0.2, 0) is 5.41 Å². The molecular weight excluding hydrogens is 248 g/mol. The van der Waals surface area contributed by atoms with Gasteiger partial charge in [-0.3, -0.25) is 0 Å². The molecule has 0 saturated carbocycles. The fraction of sp³-hybridized carbons (Fsp3) is 0.222. The minimum absolute atomic E-state index is 0.00514. The number of rotatable bonds is 1. The molecule has 0 aliphatic heterocycles. The highest BCUT2D eigenvalue weighted by molar-refractivity contribution is 5.45. The first-order chi connectivity index (χ1) is 9.34. The molecule has 0 atom stereocenters. The van der Waals surface area contributed by atoms with E-state index < -0.39 is 0 Å². The highest BCUT2D eigenvalue weighted by atomic mass is 16.3. The fourth-order valence-electron chi connectivity index (χ4n) is 1.58. The van der Waals surface area contributed by atoms with Crippen molar-refractivity contribution in [2.45, 2.75) is 26.2 Å². The van der Waals surface area contributed by atoms with Crippen molar-refractivity contribution in [3.8, 4) is 11.5 Å². The average molecular weight is 270 g/mol. The average Bonchev–Trinajstić information content (AvgIpc) is 2.42. The monoisotopic (exact) mass is 270 g/mol. The lowest BCUT2D eigenvalue weighted by Gasteiger charge is -2.19. The summed E-state index contributed by atoms with van der Waals surface area (Å²) in [5.74, 6) is -0.120. The molecule has 0 aliphatic rings. The second-order valence-electron chi connectivity index (χ2n) is 5.57. The van der Waals surface area contributed by atoms with Crippen LogP contribution in [0.4, 0.5) is 0 Å². The molecule has 2 rings (SSSR count). The standard InChI is InChI=1S/C10H14O2.C8H8/c1-10(2,3)7-4-5-8(11)9(12)6-7;1-2-8-6-4-3-5-7-8/h4-6,11-12H,1-3H3;2-7H,1H2. The molecule has 0 spiro atoms. The molecule has 2 aromatic carbocycles. The molecule has 20 heavy (non-hydrogen) atoms. The zero-order chi connectivity index (χ0) is 15.2. The topological polar surface area (TPSA) is 40.5 Å². The molecule has 0 amide bonds. The van der Waals surface area contributed by atoms with Gasteiger partial charge in [0, 0.05) is 0 Å². The maximum Gasteiger partial charge on any atom is 0.157 e. The van der Waals surface area contributed by atoms with Crippen molar-refractivity contribution in [2.24, 2.45) is 0 Å². The third kappa shape index (κ3) is 4.81. The van der Waals surface area contributed by atoms with E-state index >= 15 is 0 Å². The molecule has 0 aliphatic carbocycles. The van der Waals surface area contributed by atoms with Crippen LogP contribution >= 0.6 is 0 Å². The predicted octanol–water partition coefficient (Wildman–Crippen LogP) is 4.72. The molecule has 2 heteroatoms. The Bertz CT molecular complexity index is 551. The highest BCUT2D eigenvalue weighted by Gasteiger charge is 2.14. The number of hydrogen-bond acceptors (Lipinski definition) is 2. The van der Waals surface area contributed by atoms with Gasteiger partial charge >= 0.3 is 0 Å². The van der Waals surface area contributed by atoms with Gasteiger partial charge in [-0.05, 0) is 28.7 Å². The lowest BCUT2D eigenvalue weighted by molar-refractivity contribution is 0.401. The summed E-state index contributed by atoms with van der Waals surface area (Å²) in [6.07, 6.45) is 1.83. The van der Waals surface area contributed by atoms with Crippen LogP contribution in [0.2, 0.25) is 0 Å². The van der Waals surface area contributed by atoms with Crippen molar-refractivity contribution in [1.29, 1.82) is 0 Å². The highest BCUT2D eigenvalue weighted by Crippen LogP contribution is 2.30. The van der Waals surface area contributed by atoms with Gasteiger partial charge in [0.2, 0.25) is 0 Å². The van der Waals surface area contributed by atoms with E-state index in [9.17, 15) is 5.11 Å². The van der Waals surface area contributed by atoms with Crippen molar-refractivity contribution in [1.82, 2.24) is 0 Å². The Morgan fingerprint density at radius 1 is 0.900 bits per heavy atom. The first-order valence-corrected chi connectivity index (χ1v) is 6.54. The van der Waals surface area contributed by atoms with Crippen molar-refractivity contribution >= 4 is 6.08 Å². The van der Waals surface area contributed by atoms with E-state index in [1.807, 2.05) is 42.5 Å². The van der Waals surface area contributed by atoms with E-state index in [-0.39, 0.29) is 16.9 Å². The molecule has 0 saturated heterocycles. The number of benzene rings is 2. The second-order valence-corrected chi connectivity index (χ2v) is 5.57. The van der Waals surface area contributed by atoms with E-state index in [2.05, 4.69) is 27.4 Å². The Morgan fingerprint density at radius 3 is 1.90 bits per heavy atom. The minimum atomic E-state index is -0.0667. The summed E-state index contributed by atoms with van der Waals surface area (Å²) < 4.78 is 0. The molecule has 106 valence electrons. The molecule has 0 heterocycles. The Labute approximate surface area is 121 Å². The second kappa shape index (κ2) is 6.80. The van der Waals surface area contributed by atoms with Crippen molar-refractivity contribution in [3.63, 3.8) is 0 Å². The Morgan fingerprint density at radius 2 is 1.50 bits per heavy atom. The van der Waals surface area contributed by atoms with Gasteiger partial charge in [-0.25, -0.2) is 0 Å². The zero-order valence-electron chi connectivity index (χ0n) is 12.3. The molecule has 0 fully saturated rings. The predicted molar refractivity (Wildman–Crippen MR) is 85.0 cm³/mol. The van der Waals surface area contributed by atoms with Crippen LogP contribution in [0.3, 0.4) is 0 Å². The minimum Gasteiger partial charge on any atom is -0.504 e. The first-order valence-electron chi connectivity index (χ1n) is 6.54. The van der Waals surface area contributed by atoms with E-state index in [1.54, 1.807) is 6.07 Å². The number of hydrogen-bond donors (Lipinski definition) is 2. The van der Waals surface area contributed by atoms with Gasteiger partial charge in [0.1, 0.15) is 0 Å². The van der Waals surface area contributed by atoms with Gasteiger partial charge in [0.15, 0.2) is 11.5 Å². The lowest BCUT2D eigenvalue weighted by Crippen LogP contribution is -2.10. The van der Waals surface area contributed by atoms with E-state index in [0.29, 0.717) is 0 Å². The fourth-order valence-corrected chi connectivity index (χ4v) is 1.58. The van der Waals surface area contributed by atoms with Crippen LogP contribution in [-0.4, -0.2) is 10.2 Å². The molecular formula is C18H22O2. The Balaban J connectivity index is 0.000000217. The van der Waals surface area contributed by atoms with Crippen LogP contribution in [0.1, 0.15) is 31.9 Å². The first kappa shape index (κ1) is 15.8. The number of phenolic OH excluding ortho intramolecular Hbond substituents is 2. The quantitative estimate of drug-likeness (QED) is 0.736. The third-order valence-electron chi connectivity index (χ3n) is 2.88. The van der Waals surface area contributed by atoms with Crippen molar-refractivity contribution < 1.29 is 10.2 Å². The molecule has 2 N–H and O–H groups in total. The smallest absolute Gasteiger partial charge is 0.157 e. The van der Waals surface area contributed by atoms with Crippen molar-refractivity contribution in [2.75, 3.05) is 0 Å². The zero-order valence-corrected chi connectivity index (χ0v) is 12.3. The molecule has 2 nitrogen and oxygen atoms in total. The van der Waals surface area contributed by atoms with E-state index in [1.165, 1.54) is 11.6 Å². The maximum absolute atomic E-state index is 9.21. The molecule has 0 aromatic heterocycles. The summed E-state index contributed by atoms with van der Waals surface area (Å²) in [5.41, 5.74) is 2.19.